The second-order valence-corrected chi connectivity index (χ2v) is 8.07. The van der Waals surface area contributed by atoms with E-state index in [1.54, 1.807) is 12.1 Å². The van der Waals surface area contributed by atoms with Crippen LogP contribution in [-0.4, -0.2) is 6.61 Å². The molecule has 0 amide bonds. The lowest BCUT2D eigenvalue weighted by molar-refractivity contribution is -0.248. The second-order valence-electron chi connectivity index (χ2n) is 8.07. The number of halogens is 5. The summed E-state index contributed by atoms with van der Waals surface area (Å²) in [6.45, 7) is 1.73. The van der Waals surface area contributed by atoms with Gasteiger partial charge in [-0.05, 0) is 74.1 Å². The Labute approximate surface area is 179 Å². The standard InChI is InChI=1S/C25H27F5O/c1-2-3-18-4-8-20(9-5-18)21-10-14-23(15-11-21)25(29,30)31-17-16-19-6-12-22(13-7-19)24(26,27)28/h2-3,6-7,10-15,18,20H,4-5,8-9,16-17H2,1H3/b3-2+. The van der Waals surface area contributed by atoms with Gasteiger partial charge in [0.25, 0.3) is 0 Å². The van der Waals surface area contributed by atoms with Crippen molar-refractivity contribution in [2.45, 2.75) is 57.2 Å². The Balaban J connectivity index is 1.52. The molecule has 0 spiro atoms. The molecule has 0 unspecified atom stereocenters. The minimum absolute atomic E-state index is 0.0985. The Morgan fingerprint density at radius 2 is 1.42 bits per heavy atom. The largest absolute Gasteiger partial charge is 0.416 e. The summed E-state index contributed by atoms with van der Waals surface area (Å²) in [7, 11) is 0. The van der Waals surface area contributed by atoms with E-state index in [9.17, 15) is 22.0 Å². The molecule has 1 saturated carbocycles. The van der Waals surface area contributed by atoms with Crippen LogP contribution >= 0.6 is 0 Å². The van der Waals surface area contributed by atoms with Crippen molar-refractivity contribution in [3.63, 3.8) is 0 Å². The summed E-state index contributed by atoms with van der Waals surface area (Å²) in [5, 5.41) is 0. The molecule has 0 radical (unpaired) electrons. The van der Waals surface area contributed by atoms with Crippen LogP contribution < -0.4 is 0 Å². The van der Waals surface area contributed by atoms with Crippen LogP contribution in [0.15, 0.2) is 60.7 Å². The van der Waals surface area contributed by atoms with Crippen LogP contribution in [0.2, 0.25) is 0 Å². The lowest BCUT2D eigenvalue weighted by atomic mass is 9.78. The molecule has 2 aromatic carbocycles. The number of allylic oxidation sites excluding steroid dienone is 2. The van der Waals surface area contributed by atoms with Crippen molar-refractivity contribution in [1.29, 1.82) is 0 Å². The van der Waals surface area contributed by atoms with Crippen LogP contribution in [0.25, 0.3) is 0 Å². The molecule has 3 rings (SSSR count). The molecule has 0 heterocycles. The van der Waals surface area contributed by atoms with Crippen LogP contribution in [0.1, 0.15) is 60.8 Å². The Morgan fingerprint density at radius 1 is 0.839 bits per heavy atom. The van der Waals surface area contributed by atoms with Crippen molar-refractivity contribution in [1.82, 2.24) is 0 Å². The van der Waals surface area contributed by atoms with Crippen LogP contribution in [0, 0.1) is 5.92 Å². The molecule has 1 fully saturated rings. The molecule has 2 aromatic rings. The normalized spacial score (nSPS) is 20.3. The van der Waals surface area contributed by atoms with Gasteiger partial charge in [-0.1, -0.05) is 48.6 Å². The first-order chi connectivity index (χ1) is 14.7. The highest BCUT2D eigenvalue weighted by atomic mass is 19.4. The maximum Gasteiger partial charge on any atom is 0.416 e. The number of ether oxygens (including phenoxy) is 1. The van der Waals surface area contributed by atoms with E-state index in [1.165, 1.54) is 24.3 Å². The summed E-state index contributed by atoms with van der Waals surface area (Å²) >= 11 is 0. The molecular weight excluding hydrogens is 411 g/mol. The van der Waals surface area contributed by atoms with Crippen molar-refractivity contribution in [3.8, 4) is 0 Å². The van der Waals surface area contributed by atoms with Gasteiger partial charge in [0, 0.05) is 0 Å². The van der Waals surface area contributed by atoms with Gasteiger partial charge in [0.2, 0.25) is 0 Å². The predicted molar refractivity (Wildman–Crippen MR) is 111 cm³/mol. The molecule has 0 bridgehead atoms. The topological polar surface area (TPSA) is 9.23 Å². The first-order valence-corrected chi connectivity index (χ1v) is 10.6. The zero-order valence-corrected chi connectivity index (χ0v) is 17.5. The van der Waals surface area contributed by atoms with Crippen molar-refractivity contribution in [3.05, 3.63) is 82.9 Å². The van der Waals surface area contributed by atoms with E-state index < -0.39 is 17.8 Å². The third kappa shape index (κ3) is 6.39. The molecule has 31 heavy (non-hydrogen) atoms. The summed E-state index contributed by atoms with van der Waals surface area (Å²) < 4.78 is 71.4. The maximum atomic E-state index is 14.4. The van der Waals surface area contributed by atoms with Crippen molar-refractivity contribution >= 4 is 0 Å². The third-order valence-electron chi connectivity index (χ3n) is 5.91. The van der Waals surface area contributed by atoms with Crippen molar-refractivity contribution < 1.29 is 26.7 Å². The summed E-state index contributed by atoms with van der Waals surface area (Å²) in [6.07, 6.45) is 0.874. The van der Waals surface area contributed by atoms with Gasteiger partial charge < -0.3 is 4.74 Å². The SMILES string of the molecule is C/C=C/C1CCC(c2ccc(C(F)(F)OCCc3ccc(C(F)(F)F)cc3)cc2)CC1. The van der Waals surface area contributed by atoms with Gasteiger partial charge in [0.1, 0.15) is 0 Å². The third-order valence-corrected chi connectivity index (χ3v) is 5.91. The molecule has 6 heteroatoms. The lowest BCUT2D eigenvalue weighted by Gasteiger charge is -2.27. The average molecular weight is 438 g/mol. The van der Waals surface area contributed by atoms with Gasteiger partial charge in [0.05, 0.1) is 17.7 Å². The van der Waals surface area contributed by atoms with Gasteiger partial charge in [-0.15, -0.1) is 0 Å². The number of alkyl halides is 5. The Kier molecular flexibility index (Phi) is 7.52. The van der Waals surface area contributed by atoms with Crippen LogP contribution in [0.4, 0.5) is 22.0 Å². The average Bonchev–Trinajstić information content (AvgIpc) is 2.74. The van der Waals surface area contributed by atoms with Gasteiger partial charge in [-0.25, -0.2) is 0 Å². The van der Waals surface area contributed by atoms with Crippen LogP contribution in [-0.2, 0) is 23.4 Å². The maximum absolute atomic E-state index is 14.4. The number of hydrogen-bond donors (Lipinski definition) is 0. The minimum Gasteiger partial charge on any atom is -0.316 e. The molecule has 1 aliphatic rings. The van der Waals surface area contributed by atoms with Crippen LogP contribution in [0.5, 0.6) is 0 Å². The molecule has 1 aliphatic carbocycles. The van der Waals surface area contributed by atoms with E-state index in [0.29, 0.717) is 17.4 Å². The molecular formula is C25H27F5O. The Hall–Kier alpha value is -2.21. The highest BCUT2D eigenvalue weighted by molar-refractivity contribution is 5.28. The van der Waals surface area contributed by atoms with E-state index in [4.69, 9.17) is 4.74 Å². The number of rotatable bonds is 7. The summed E-state index contributed by atoms with van der Waals surface area (Å²) in [4.78, 5) is 0. The van der Waals surface area contributed by atoms with Gasteiger partial charge >= 0.3 is 12.3 Å². The van der Waals surface area contributed by atoms with Crippen LogP contribution in [0.3, 0.4) is 0 Å². The van der Waals surface area contributed by atoms with Crippen molar-refractivity contribution in [2.24, 2.45) is 5.92 Å². The Bertz CT molecular complexity index is 845. The highest BCUT2D eigenvalue weighted by Gasteiger charge is 2.33. The van der Waals surface area contributed by atoms with Gasteiger partial charge in [-0.2, -0.15) is 22.0 Å². The van der Waals surface area contributed by atoms with E-state index in [0.717, 1.165) is 43.4 Å². The quantitative estimate of drug-likeness (QED) is 0.316. The zero-order chi connectivity index (χ0) is 22.5. The fourth-order valence-electron chi connectivity index (χ4n) is 4.11. The first kappa shape index (κ1) is 23.5. The summed E-state index contributed by atoms with van der Waals surface area (Å²) in [5.74, 6) is 1.01. The molecule has 0 aromatic heterocycles. The van der Waals surface area contributed by atoms with E-state index in [1.807, 2.05) is 6.92 Å². The minimum atomic E-state index is -4.42. The zero-order valence-electron chi connectivity index (χ0n) is 17.5. The summed E-state index contributed by atoms with van der Waals surface area (Å²) in [6, 6.07) is 10.8. The highest BCUT2D eigenvalue weighted by Crippen LogP contribution is 2.38. The van der Waals surface area contributed by atoms with E-state index in [-0.39, 0.29) is 18.6 Å². The molecule has 168 valence electrons. The molecule has 0 saturated heterocycles. The molecule has 1 nitrogen and oxygen atoms in total. The lowest BCUT2D eigenvalue weighted by Crippen LogP contribution is -2.20. The number of hydrogen-bond acceptors (Lipinski definition) is 1. The Morgan fingerprint density at radius 3 is 1.97 bits per heavy atom. The first-order valence-electron chi connectivity index (χ1n) is 10.6. The smallest absolute Gasteiger partial charge is 0.316 e. The molecule has 0 N–H and O–H groups in total. The van der Waals surface area contributed by atoms with Gasteiger partial charge in [-0.3, -0.25) is 0 Å². The monoisotopic (exact) mass is 438 g/mol. The predicted octanol–water partition coefficient (Wildman–Crippen LogP) is 7.86. The van der Waals surface area contributed by atoms with E-state index >= 15 is 0 Å². The van der Waals surface area contributed by atoms with Crippen molar-refractivity contribution in [2.75, 3.05) is 6.61 Å². The fraction of sp³-hybridized carbons (Fsp3) is 0.440. The van der Waals surface area contributed by atoms with Gasteiger partial charge in [0.15, 0.2) is 0 Å². The molecule has 0 aliphatic heterocycles. The van der Waals surface area contributed by atoms with E-state index in [2.05, 4.69) is 12.2 Å². The number of benzene rings is 2. The fourth-order valence-corrected chi connectivity index (χ4v) is 4.11. The summed E-state index contributed by atoms with van der Waals surface area (Å²) in [5.41, 5.74) is 0.597. The molecule has 0 atom stereocenters. The second kappa shape index (κ2) is 9.94.